The highest BCUT2D eigenvalue weighted by atomic mass is 33.1. The average Bonchev–Trinajstić information content (AvgIpc) is 3.28. The van der Waals surface area contributed by atoms with Crippen LogP contribution in [-0.2, 0) is 9.53 Å². The molecule has 4 heterocycles. The minimum absolute atomic E-state index is 0.00484. The molecule has 4 aromatic heterocycles. The molecule has 1 amide bonds. The molecule has 0 saturated carbocycles. The fourth-order valence-electron chi connectivity index (χ4n) is 2.31. The molecule has 5 N–H and O–H groups in total. The predicted molar refractivity (Wildman–Crippen MR) is 110 cm³/mol. The van der Waals surface area contributed by atoms with Gasteiger partial charge in [0, 0.05) is 6.92 Å². The number of methoxy groups -OCH3 is 1. The van der Waals surface area contributed by atoms with E-state index in [1.54, 1.807) is 0 Å². The first kappa shape index (κ1) is 19.6. The first-order valence-electron chi connectivity index (χ1n) is 8.10. The Kier molecular flexibility index (Phi) is 5.23. The summed E-state index contributed by atoms with van der Waals surface area (Å²) in [6, 6.07) is 0. The molecule has 4 rings (SSSR count). The highest BCUT2D eigenvalue weighted by Crippen LogP contribution is 2.34. The maximum Gasteiger partial charge on any atom is 0.278 e. The van der Waals surface area contributed by atoms with Gasteiger partial charge in [-0.3, -0.25) is 29.7 Å². The van der Waals surface area contributed by atoms with E-state index in [0.29, 0.717) is 10.3 Å². The zero-order chi connectivity index (χ0) is 21.3. The minimum Gasteiger partial charge on any atom is -0.486 e. The lowest BCUT2D eigenvalue weighted by Gasteiger charge is -1.98. The molecule has 0 radical (unpaired) electrons. The number of ether oxygens (including phenoxy) is 1. The van der Waals surface area contributed by atoms with Gasteiger partial charge < -0.3 is 14.7 Å². The lowest BCUT2D eigenvalue weighted by atomic mass is 10.5. The predicted octanol–water partition coefficient (Wildman–Crippen LogP) is 0.670. The molecule has 14 nitrogen and oxygen atoms in total. The zero-order valence-electron chi connectivity index (χ0n) is 15.3. The molecule has 30 heavy (non-hydrogen) atoms. The van der Waals surface area contributed by atoms with Gasteiger partial charge in [0.25, 0.3) is 11.1 Å². The van der Waals surface area contributed by atoms with Crippen LogP contribution >= 0.6 is 21.6 Å². The van der Waals surface area contributed by atoms with Crippen molar-refractivity contribution in [2.45, 2.75) is 17.2 Å². The van der Waals surface area contributed by atoms with Crippen LogP contribution in [0.1, 0.15) is 6.92 Å². The van der Waals surface area contributed by atoms with Crippen molar-refractivity contribution in [1.29, 1.82) is 0 Å². The first-order chi connectivity index (χ1) is 14.4. The fourth-order valence-corrected chi connectivity index (χ4v) is 3.95. The number of anilines is 1. The fraction of sp³-hybridized carbons (Fsp3) is 0.143. The number of fused-ring (bicyclic) bond motifs is 2. The number of carbonyl (C=O) groups excluding carboxylic acids is 1. The standard InChI is InChI=1S/C14H12N10O4S2/c1-4(25)16-12-20-8-6(10(27)24-12)18-14(22-8)30-29-13-17-5-7(21-13)19-11(15-3-28-2)23-9(5)26/h3H,1-2H3,(H2,17,19,21,23,26)(H3,16,18,20,22,24,25,27). The normalized spacial score (nSPS) is 11.5. The summed E-state index contributed by atoms with van der Waals surface area (Å²) in [6.07, 6.45) is 1.14. The molecular weight excluding hydrogens is 436 g/mol. The second-order valence-corrected chi connectivity index (χ2v) is 7.71. The van der Waals surface area contributed by atoms with E-state index in [1.165, 1.54) is 14.0 Å². The summed E-state index contributed by atoms with van der Waals surface area (Å²) in [5, 5.41) is 3.17. The van der Waals surface area contributed by atoms with E-state index in [2.05, 4.69) is 50.2 Å². The van der Waals surface area contributed by atoms with Crippen molar-refractivity contribution in [3.05, 3.63) is 20.7 Å². The third kappa shape index (κ3) is 4.03. The maximum absolute atomic E-state index is 12.1. The van der Waals surface area contributed by atoms with E-state index in [4.69, 9.17) is 4.74 Å². The van der Waals surface area contributed by atoms with Gasteiger partial charge in [-0.2, -0.15) is 15.0 Å². The monoisotopic (exact) mass is 448 g/mol. The van der Waals surface area contributed by atoms with Gasteiger partial charge in [-0.15, -0.1) is 0 Å². The molecule has 0 bridgehead atoms. The molecule has 0 spiro atoms. The van der Waals surface area contributed by atoms with Crippen LogP contribution in [0.5, 0.6) is 0 Å². The van der Waals surface area contributed by atoms with Crippen molar-refractivity contribution in [1.82, 2.24) is 39.9 Å². The molecule has 0 saturated heterocycles. The van der Waals surface area contributed by atoms with Crippen molar-refractivity contribution >= 4 is 68.1 Å². The van der Waals surface area contributed by atoms with E-state index in [9.17, 15) is 14.4 Å². The van der Waals surface area contributed by atoms with Crippen LogP contribution < -0.4 is 16.4 Å². The third-order valence-corrected chi connectivity index (χ3v) is 5.42. The Morgan fingerprint density at radius 1 is 0.967 bits per heavy atom. The smallest absolute Gasteiger partial charge is 0.278 e. The summed E-state index contributed by atoms with van der Waals surface area (Å²) < 4.78 is 4.70. The number of imidazole rings is 2. The molecular formula is C14H12N10O4S2. The Morgan fingerprint density at radius 2 is 1.57 bits per heavy atom. The zero-order valence-corrected chi connectivity index (χ0v) is 16.9. The minimum atomic E-state index is -0.475. The summed E-state index contributed by atoms with van der Waals surface area (Å²) >= 11 is 0. The topological polar surface area (TPSA) is 200 Å². The van der Waals surface area contributed by atoms with Crippen LogP contribution in [0.25, 0.3) is 22.3 Å². The van der Waals surface area contributed by atoms with Gasteiger partial charge in [0.1, 0.15) is 0 Å². The van der Waals surface area contributed by atoms with Crippen molar-refractivity contribution in [3.8, 4) is 0 Å². The third-order valence-electron chi connectivity index (χ3n) is 3.44. The number of hydrogen-bond acceptors (Lipinski definition) is 11. The van der Waals surface area contributed by atoms with Gasteiger partial charge >= 0.3 is 0 Å². The number of aromatic nitrogens is 8. The van der Waals surface area contributed by atoms with Crippen LogP contribution in [0.15, 0.2) is 24.9 Å². The van der Waals surface area contributed by atoms with Crippen molar-refractivity contribution in [3.63, 3.8) is 0 Å². The molecule has 16 heteroatoms. The highest BCUT2D eigenvalue weighted by Gasteiger charge is 2.14. The maximum atomic E-state index is 12.1. The number of nitrogens with zero attached hydrogens (tertiary/aromatic N) is 5. The molecule has 0 unspecified atom stereocenters. The summed E-state index contributed by atoms with van der Waals surface area (Å²) in [5.41, 5.74) is -0.219. The average molecular weight is 448 g/mol. The number of rotatable bonds is 6. The number of aliphatic imine (C=N–C) groups is 1. The van der Waals surface area contributed by atoms with Crippen LogP contribution in [0.4, 0.5) is 11.9 Å². The first-order valence-corrected chi connectivity index (χ1v) is 10.3. The lowest BCUT2D eigenvalue weighted by molar-refractivity contribution is -0.114. The van der Waals surface area contributed by atoms with Crippen molar-refractivity contribution in [2.24, 2.45) is 4.99 Å². The molecule has 154 valence electrons. The van der Waals surface area contributed by atoms with E-state index >= 15 is 0 Å². The molecule has 0 atom stereocenters. The summed E-state index contributed by atoms with van der Waals surface area (Å²) in [5.74, 6) is -0.310. The van der Waals surface area contributed by atoms with Gasteiger partial charge in [0.15, 0.2) is 39.0 Å². The molecule has 0 aromatic carbocycles. The summed E-state index contributed by atoms with van der Waals surface area (Å²) in [7, 11) is 3.73. The van der Waals surface area contributed by atoms with Gasteiger partial charge in [-0.25, -0.2) is 9.97 Å². The van der Waals surface area contributed by atoms with E-state index in [1.807, 2.05) is 0 Å². The van der Waals surface area contributed by atoms with Crippen LogP contribution in [0.2, 0.25) is 0 Å². The number of nitrogens with one attached hydrogen (secondary N) is 5. The Labute approximate surface area is 173 Å². The molecule has 4 aromatic rings. The van der Waals surface area contributed by atoms with Crippen LogP contribution in [-0.4, -0.2) is 59.3 Å². The number of amides is 1. The number of H-pyrrole nitrogens is 4. The van der Waals surface area contributed by atoms with Gasteiger partial charge in [-0.1, -0.05) is 0 Å². The molecule has 0 aliphatic carbocycles. The largest absolute Gasteiger partial charge is 0.486 e. The Balaban J connectivity index is 1.57. The number of hydrogen-bond donors (Lipinski definition) is 5. The Hall–Kier alpha value is -3.66. The van der Waals surface area contributed by atoms with E-state index in [0.717, 1.165) is 28.0 Å². The molecule has 0 fully saturated rings. The van der Waals surface area contributed by atoms with Crippen molar-refractivity contribution < 1.29 is 9.53 Å². The van der Waals surface area contributed by atoms with E-state index in [-0.39, 0.29) is 40.1 Å². The summed E-state index contributed by atoms with van der Waals surface area (Å²) in [4.78, 5) is 66.5. The second-order valence-electron chi connectivity index (χ2n) is 5.60. The Morgan fingerprint density at radius 3 is 2.17 bits per heavy atom. The van der Waals surface area contributed by atoms with Crippen LogP contribution in [0.3, 0.4) is 0 Å². The van der Waals surface area contributed by atoms with Gasteiger partial charge in [0.05, 0.1) is 7.11 Å². The number of carbonyl (C=O) groups is 1. The van der Waals surface area contributed by atoms with Gasteiger partial charge in [-0.05, 0) is 21.6 Å². The quantitative estimate of drug-likeness (QED) is 0.159. The lowest BCUT2D eigenvalue weighted by Crippen LogP contribution is -2.15. The molecule has 0 aliphatic heterocycles. The Bertz CT molecular complexity index is 1400. The van der Waals surface area contributed by atoms with Crippen LogP contribution in [0, 0.1) is 0 Å². The SMILES string of the molecule is COC=Nc1nc2nc(SSc3nc4nc(NC(C)=O)[nH]c(=O)c4[nH]3)[nH]c2c(=O)[nH]1. The van der Waals surface area contributed by atoms with E-state index < -0.39 is 11.1 Å². The van der Waals surface area contributed by atoms with Gasteiger partial charge in [0.2, 0.25) is 17.8 Å². The summed E-state index contributed by atoms with van der Waals surface area (Å²) in [6.45, 7) is 1.30. The highest BCUT2D eigenvalue weighted by molar-refractivity contribution is 8.76. The molecule has 0 aliphatic rings. The second kappa shape index (κ2) is 7.99. The number of aromatic amines is 4. The van der Waals surface area contributed by atoms with Crippen molar-refractivity contribution in [2.75, 3.05) is 12.4 Å².